The summed E-state index contributed by atoms with van der Waals surface area (Å²) >= 11 is 2.36. The van der Waals surface area contributed by atoms with Crippen LogP contribution in [-0.2, 0) is 25.9 Å². The summed E-state index contributed by atoms with van der Waals surface area (Å²) in [6, 6.07) is 27.5. The molecule has 0 nitrogen and oxygen atoms in total. The van der Waals surface area contributed by atoms with Crippen molar-refractivity contribution in [2.24, 2.45) is 0 Å². The van der Waals surface area contributed by atoms with Crippen LogP contribution >= 0.6 is 0 Å². The quantitative estimate of drug-likeness (QED) is 0.265. The van der Waals surface area contributed by atoms with E-state index in [1.54, 1.807) is 5.57 Å². The Kier molecular flexibility index (Phi) is 12.6. The maximum atomic E-state index is 2.50. The van der Waals surface area contributed by atoms with E-state index in [9.17, 15) is 0 Å². The zero-order valence-corrected chi connectivity index (χ0v) is 24.8. The van der Waals surface area contributed by atoms with Crippen LogP contribution in [0.2, 0.25) is 0 Å². The number of aryl methyl sites for hydroxylation is 3. The Bertz CT molecular complexity index is 1080. The van der Waals surface area contributed by atoms with Crippen molar-refractivity contribution in [2.75, 3.05) is 0 Å². The molecule has 35 heavy (non-hydrogen) atoms. The van der Waals surface area contributed by atoms with Gasteiger partial charge >= 0.3 is 207 Å². The summed E-state index contributed by atoms with van der Waals surface area (Å²) in [5.41, 5.74) is 10.8. The second kappa shape index (κ2) is 13.9. The van der Waals surface area contributed by atoms with Gasteiger partial charge in [0.25, 0.3) is 0 Å². The fourth-order valence-corrected chi connectivity index (χ4v) is 6.02. The Morgan fingerprint density at radius 2 is 1.14 bits per heavy atom. The molecule has 3 aromatic carbocycles. The first kappa shape index (κ1) is 31.8. The van der Waals surface area contributed by atoms with Crippen LogP contribution in [0.5, 0.6) is 0 Å². The standard InChI is InChI=1S/C31H33.3ClH.Ti/c1-5-6-13-26-17-18-30(22-26)31(27-14-7-10-23(2)19-27,28-15-8-11-24(3)20-28)29-16-9-12-25(4)21-29;;;;/h7-12,14-17,19-21H,5-6,13,18H2,1-4H3;3*1H;/q;;;;+3/p-3. The van der Waals surface area contributed by atoms with Gasteiger partial charge in [0.2, 0.25) is 0 Å². The smallest absolute Gasteiger partial charge is 1.00 e. The van der Waals surface area contributed by atoms with E-state index in [0.717, 1.165) is 6.42 Å². The Hall–Kier alpha value is -1.28. The van der Waals surface area contributed by atoms with Crippen LogP contribution in [0.4, 0.5) is 0 Å². The van der Waals surface area contributed by atoms with E-state index in [-0.39, 0.29) is 42.6 Å². The summed E-state index contributed by atoms with van der Waals surface area (Å²) in [6.45, 7) is 8.91. The van der Waals surface area contributed by atoms with Crippen molar-refractivity contribution < 1.29 is 57.7 Å². The molecule has 0 radical (unpaired) electrons. The molecule has 0 saturated heterocycles. The minimum atomic E-state index is -0.293. The number of hydrogen-bond acceptors (Lipinski definition) is 0. The van der Waals surface area contributed by atoms with Gasteiger partial charge in [0.05, 0.1) is 0 Å². The number of benzene rings is 3. The summed E-state index contributed by atoms with van der Waals surface area (Å²) < 4.78 is 1.49. The number of unbranched alkanes of at least 4 members (excludes halogenated alkanes) is 1. The summed E-state index contributed by atoms with van der Waals surface area (Å²) in [6.07, 6.45) is 7.18. The third kappa shape index (κ3) is 6.35. The van der Waals surface area contributed by atoms with Crippen molar-refractivity contribution in [3.63, 3.8) is 0 Å². The molecule has 4 rings (SSSR count). The van der Waals surface area contributed by atoms with Crippen LogP contribution in [0.3, 0.4) is 0 Å². The Balaban J connectivity index is 0.00000204. The van der Waals surface area contributed by atoms with E-state index < -0.39 is 0 Å². The van der Waals surface area contributed by atoms with E-state index in [1.165, 1.54) is 62.1 Å². The van der Waals surface area contributed by atoms with Gasteiger partial charge in [0.1, 0.15) is 0 Å². The van der Waals surface area contributed by atoms with Gasteiger partial charge in [-0.2, -0.15) is 0 Å². The summed E-state index contributed by atoms with van der Waals surface area (Å²) in [4.78, 5) is 0. The molecule has 0 N–H and O–H groups in total. The van der Waals surface area contributed by atoms with E-state index in [2.05, 4.69) is 127 Å². The van der Waals surface area contributed by atoms with Gasteiger partial charge in [0.15, 0.2) is 0 Å². The maximum absolute atomic E-state index is 2.50. The van der Waals surface area contributed by atoms with Gasteiger partial charge in [0, 0.05) is 0 Å². The molecule has 0 aliphatic heterocycles. The molecule has 1 aliphatic rings. The normalized spacial score (nSPS) is 12.9. The predicted molar refractivity (Wildman–Crippen MR) is 133 cm³/mol. The molecular formula is C31H33Cl3Ti. The van der Waals surface area contributed by atoms with Crippen LogP contribution < -0.4 is 37.2 Å². The van der Waals surface area contributed by atoms with Crippen molar-refractivity contribution in [1.29, 1.82) is 0 Å². The topological polar surface area (TPSA) is 0 Å². The Morgan fingerprint density at radius 1 is 0.714 bits per heavy atom. The van der Waals surface area contributed by atoms with Gasteiger partial charge in [-0.3, -0.25) is 0 Å². The minimum absolute atomic E-state index is 0. The van der Waals surface area contributed by atoms with Crippen molar-refractivity contribution in [3.05, 3.63) is 127 Å². The van der Waals surface area contributed by atoms with Gasteiger partial charge in [-0.1, -0.05) is 0 Å². The number of rotatable bonds is 7. The molecule has 0 aromatic heterocycles. The first-order valence-corrected chi connectivity index (χ1v) is 12.6. The molecule has 0 unspecified atom stereocenters. The predicted octanol–water partition coefficient (Wildman–Crippen LogP) is -0.721. The van der Waals surface area contributed by atoms with Crippen molar-refractivity contribution in [3.8, 4) is 0 Å². The van der Waals surface area contributed by atoms with Crippen molar-refractivity contribution >= 4 is 0 Å². The number of hydrogen-bond donors (Lipinski definition) is 0. The van der Waals surface area contributed by atoms with Crippen LogP contribution in [-0.4, -0.2) is 0 Å². The van der Waals surface area contributed by atoms with E-state index >= 15 is 0 Å². The molecule has 4 heteroatoms. The fourth-order valence-electron chi connectivity index (χ4n) is 5.22. The van der Waals surface area contributed by atoms with Gasteiger partial charge in [-0.05, 0) is 0 Å². The number of allylic oxidation sites excluding steroid dienone is 4. The average Bonchev–Trinajstić information content (AvgIpc) is 3.14. The Morgan fingerprint density at radius 3 is 1.51 bits per heavy atom. The first-order chi connectivity index (χ1) is 15.5. The van der Waals surface area contributed by atoms with Gasteiger partial charge in [-0.15, -0.1) is 0 Å². The first-order valence-electron chi connectivity index (χ1n) is 11.8. The SMILES string of the molecule is CCCCC1=CCC(C(c2cccc(C)c2)(c2cccc(C)c2)c2cccc(C)c2)=[C]1[Ti+3].[Cl-].[Cl-].[Cl-]. The number of halogens is 3. The largest absolute Gasteiger partial charge is 1.00 e. The van der Waals surface area contributed by atoms with Crippen molar-refractivity contribution in [1.82, 2.24) is 0 Å². The minimum Gasteiger partial charge on any atom is -1.00 e. The van der Waals surface area contributed by atoms with Gasteiger partial charge in [-0.25, -0.2) is 0 Å². The second-order valence-corrected chi connectivity index (χ2v) is 10.0. The molecule has 0 fully saturated rings. The molecule has 3 aromatic rings. The zero-order chi connectivity index (χ0) is 22.7. The van der Waals surface area contributed by atoms with Crippen molar-refractivity contribution in [2.45, 2.75) is 58.8 Å². The maximum Gasteiger partial charge on any atom is -1.00 e. The van der Waals surface area contributed by atoms with Gasteiger partial charge < -0.3 is 37.2 Å². The third-order valence-corrected chi connectivity index (χ3v) is 7.75. The third-order valence-electron chi connectivity index (χ3n) is 6.78. The molecule has 0 bridgehead atoms. The van der Waals surface area contributed by atoms with E-state index in [4.69, 9.17) is 0 Å². The van der Waals surface area contributed by atoms with Crippen LogP contribution in [0.15, 0.2) is 93.9 Å². The molecule has 0 heterocycles. The molecule has 0 saturated carbocycles. The molecule has 182 valence electrons. The van der Waals surface area contributed by atoms with E-state index in [0.29, 0.717) is 0 Å². The molecule has 0 amide bonds. The average molecular weight is 560 g/mol. The molecule has 0 atom stereocenters. The van der Waals surface area contributed by atoms with Crippen LogP contribution in [0, 0.1) is 20.8 Å². The van der Waals surface area contributed by atoms with Crippen LogP contribution in [0.25, 0.3) is 0 Å². The molecular weight excluding hydrogens is 527 g/mol. The van der Waals surface area contributed by atoms with E-state index in [1.807, 2.05) is 0 Å². The summed E-state index contributed by atoms with van der Waals surface area (Å²) in [5, 5.41) is 0. The fraction of sp³-hybridized carbons (Fsp3) is 0.290. The summed E-state index contributed by atoms with van der Waals surface area (Å²) in [5.74, 6) is 0. The zero-order valence-electron chi connectivity index (χ0n) is 21.0. The summed E-state index contributed by atoms with van der Waals surface area (Å²) in [7, 11) is 0. The molecule has 0 spiro atoms. The van der Waals surface area contributed by atoms with Crippen LogP contribution in [0.1, 0.15) is 66.0 Å². The Labute approximate surface area is 242 Å². The monoisotopic (exact) mass is 558 g/mol. The molecule has 1 aliphatic carbocycles. The second-order valence-electron chi connectivity index (χ2n) is 9.25.